The molecule has 0 amide bonds. The number of likely N-dealkylation sites (N-methyl/N-ethyl adjacent to an activating group) is 1. The van der Waals surface area contributed by atoms with E-state index in [0.717, 1.165) is 6.54 Å². The first-order valence-corrected chi connectivity index (χ1v) is 3.49. The largest absolute Gasteiger partial charge is 0.565 e. The van der Waals surface area contributed by atoms with Crippen molar-refractivity contribution in [1.29, 1.82) is 0 Å². The zero-order valence-corrected chi connectivity index (χ0v) is 9.27. The van der Waals surface area contributed by atoms with Gasteiger partial charge in [-0.3, -0.25) is 0 Å². The van der Waals surface area contributed by atoms with Gasteiger partial charge in [0, 0.05) is 21.1 Å². The van der Waals surface area contributed by atoms with E-state index in [1.165, 1.54) is 12.6 Å². The Hall–Kier alpha value is 0.608. The van der Waals surface area contributed by atoms with Gasteiger partial charge in [-0.25, -0.2) is 0 Å². The topological polar surface area (TPSA) is 15.8 Å². The molecule has 0 aliphatic carbocycles. The van der Waals surface area contributed by atoms with Gasteiger partial charge < -0.3 is 9.64 Å². The van der Waals surface area contributed by atoms with Crippen molar-refractivity contribution in [1.82, 2.24) is 4.90 Å². The van der Waals surface area contributed by atoms with Gasteiger partial charge in [-0.05, 0) is 20.1 Å². The van der Waals surface area contributed by atoms with Gasteiger partial charge in [-0.2, -0.15) is 6.10 Å². The summed E-state index contributed by atoms with van der Waals surface area (Å²) in [5.74, 6) is 0.675. The van der Waals surface area contributed by atoms with Crippen LogP contribution >= 0.6 is 0 Å². The Morgan fingerprint density at radius 2 is 2.20 bits per heavy atom. The molecule has 0 N–H and O–H groups in total. The molecule has 0 spiro atoms. The number of nitrogens with zero attached hydrogens (tertiary/aromatic N) is 1. The Morgan fingerprint density at radius 3 is 2.80 bits per heavy atom. The minimum Gasteiger partial charge on any atom is -0.565 e. The minimum atomic E-state index is 0. The number of hydrogen-bond donors (Lipinski definition) is 0. The van der Waals surface area contributed by atoms with Crippen LogP contribution in [0.5, 0.6) is 0 Å². The smallest absolute Gasteiger partial charge is 0 e. The van der Waals surface area contributed by atoms with E-state index < -0.39 is 0 Å². The van der Waals surface area contributed by atoms with E-state index in [9.17, 15) is 0 Å². The molecular formula is C7H12NOW-. The quantitative estimate of drug-likeness (QED) is 0.478. The van der Waals surface area contributed by atoms with Crippen LogP contribution in [-0.4, -0.2) is 31.1 Å². The second-order valence-corrected chi connectivity index (χ2v) is 3.13. The Bertz CT molecular complexity index is 131. The summed E-state index contributed by atoms with van der Waals surface area (Å²) < 4.78 is 5.34. The van der Waals surface area contributed by atoms with Crippen LogP contribution in [0.4, 0.5) is 0 Å². The van der Waals surface area contributed by atoms with Crippen LogP contribution in [0.15, 0.2) is 0 Å². The summed E-state index contributed by atoms with van der Waals surface area (Å²) in [6.07, 6.45) is 1.84. The van der Waals surface area contributed by atoms with Gasteiger partial charge in [0.25, 0.3) is 0 Å². The Labute approximate surface area is 76.2 Å². The summed E-state index contributed by atoms with van der Waals surface area (Å²) >= 11 is 0. The number of rotatable bonds is 0. The maximum Gasteiger partial charge on any atom is 0 e. The third kappa shape index (κ3) is 1.44. The third-order valence-electron chi connectivity index (χ3n) is 2.09. The summed E-state index contributed by atoms with van der Waals surface area (Å²) in [5, 5.41) is 0. The summed E-state index contributed by atoms with van der Waals surface area (Å²) in [6.45, 7) is 4.51. The van der Waals surface area contributed by atoms with Gasteiger partial charge in [0.15, 0.2) is 0 Å². The molecule has 2 nitrogen and oxygen atoms in total. The van der Waals surface area contributed by atoms with E-state index in [0.29, 0.717) is 12.0 Å². The average molecular weight is 310 g/mol. The van der Waals surface area contributed by atoms with Gasteiger partial charge >= 0.3 is 0 Å². The van der Waals surface area contributed by atoms with E-state index >= 15 is 0 Å². The van der Waals surface area contributed by atoms with Crippen LogP contribution in [0.25, 0.3) is 0 Å². The molecule has 0 saturated carbocycles. The van der Waals surface area contributed by atoms with Gasteiger partial charge in [-0.15, -0.1) is 5.92 Å². The summed E-state index contributed by atoms with van der Waals surface area (Å²) in [5.41, 5.74) is 0. The van der Waals surface area contributed by atoms with Gasteiger partial charge in [0.05, 0.1) is 0 Å². The van der Waals surface area contributed by atoms with E-state index in [1.807, 2.05) is 0 Å². The van der Waals surface area contributed by atoms with E-state index in [2.05, 4.69) is 18.9 Å². The van der Waals surface area contributed by atoms with Crippen LogP contribution in [0.3, 0.4) is 0 Å². The molecule has 0 aromatic carbocycles. The maximum atomic E-state index is 5.34. The molecule has 2 atom stereocenters. The fourth-order valence-corrected chi connectivity index (χ4v) is 1.61. The number of piperidine rings is 1. The molecular weight excluding hydrogens is 298 g/mol. The normalized spacial score (nSPS) is 40.2. The van der Waals surface area contributed by atoms with Crippen molar-refractivity contribution in [3.8, 4) is 0 Å². The van der Waals surface area contributed by atoms with E-state index in [-0.39, 0.29) is 21.1 Å². The monoisotopic (exact) mass is 310 g/mol. The number of epoxide rings is 1. The van der Waals surface area contributed by atoms with Gasteiger partial charge in [-0.1, -0.05) is 13.0 Å². The fraction of sp³-hybridized carbons (Fsp3) is 0.857. The van der Waals surface area contributed by atoms with Crippen molar-refractivity contribution in [2.45, 2.75) is 13.0 Å². The zero-order valence-electron chi connectivity index (χ0n) is 6.33. The van der Waals surface area contributed by atoms with E-state index in [1.54, 1.807) is 0 Å². The van der Waals surface area contributed by atoms with Gasteiger partial charge in [0.1, 0.15) is 0 Å². The van der Waals surface area contributed by atoms with Crippen LogP contribution in [-0.2, 0) is 25.8 Å². The predicted molar refractivity (Wildman–Crippen MR) is 34.8 cm³/mol. The average Bonchev–Trinajstić information content (AvgIpc) is 2.43. The molecule has 58 valence electrons. The van der Waals surface area contributed by atoms with Crippen molar-refractivity contribution < 1.29 is 25.8 Å². The predicted octanol–water partition coefficient (Wildman–Crippen LogP) is 0.496. The van der Waals surface area contributed by atoms with Crippen molar-refractivity contribution in [2.24, 2.45) is 5.92 Å². The Balaban J connectivity index is 0.000000500. The van der Waals surface area contributed by atoms with Crippen LogP contribution in [0.1, 0.15) is 6.92 Å². The number of hydrogen-bond acceptors (Lipinski definition) is 2. The molecule has 0 radical (unpaired) electrons. The Morgan fingerprint density at radius 1 is 1.50 bits per heavy atom. The van der Waals surface area contributed by atoms with Crippen LogP contribution < -0.4 is 0 Å². The molecule has 10 heavy (non-hydrogen) atoms. The first-order chi connectivity index (χ1) is 4.27. The molecule has 0 aromatic rings. The number of fused-ring (bicyclic) bond motifs is 1. The van der Waals surface area contributed by atoms with Gasteiger partial charge in [0.2, 0.25) is 0 Å². The van der Waals surface area contributed by atoms with Crippen LogP contribution in [0, 0.1) is 12.0 Å². The van der Waals surface area contributed by atoms with Crippen LogP contribution in [0.2, 0.25) is 0 Å². The molecule has 2 heterocycles. The van der Waals surface area contributed by atoms with Crippen molar-refractivity contribution in [2.75, 3.05) is 20.1 Å². The number of ether oxygens (including phenoxy) is 1. The summed E-state index contributed by atoms with van der Waals surface area (Å²) in [4.78, 5) is 2.33. The second-order valence-electron chi connectivity index (χ2n) is 3.13. The number of likely N-dealkylation sites (tertiary alicyclic amines) is 1. The summed E-state index contributed by atoms with van der Waals surface area (Å²) in [6, 6.07) is 0. The maximum absolute atomic E-state index is 5.34. The molecule has 3 heteroatoms. The first-order valence-electron chi connectivity index (χ1n) is 3.49. The van der Waals surface area contributed by atoms with Crippen molar-refractivity contribution in [3.63, 3.8) is 0 Å². The SMILES string of the molecule is CC1CN(C)CC2O[C-]12.[W]. The molecule has 2 aliphatic heterocycles. The molecule has 2 fully saturated rings. The molecule has 2 saturated heterocycles. The second kappa shape index (κ2) is 2.92. The summed E-state index contributed by atoms with van der Waals surface area (Å²) in [7, 11) is 2.15. The zero-order chi connectivity index (χ0) is 6.43. The molecule has 0 aromatic heterocycles. The van der Waals surface area contributed by atoms with Crippen molar-refractivity contribution >= 4 is 0 Å². The fourth-order valence-electron chi connectivity index (χ4n) is 1.61. The standard InChI is InChI=1S/C7H12NO.W/c1-5-3-8(2)4-6-7(5)9-6;/h5-6H,3-4H2,1-2H3;/q-1;. The van der Waals surface area contributed by atoms with E-state index in [4.69, 9.17) is 4.74 Å². The molecule has 2 unspecified atom stereocenters. The Kier molecular flexibility index (Phi) is 2.54. The van der Waals surface area contributed by atoms with Crippen molar-refractivity contribution in [3.05, 3.63) is 6.10 Å². The molecule has 2 rings (SSSR count). The first kappa shape index (κ1) is 8.70. The third-order valence-corrected chi connectivity index (χ3v) is 2.09. The minimum absolute atomic E-state index is 0. The molecule has 0 bridgehead atoms. The molecule has 2 aliphatic rings.